The second-order valence-electron chi connectivity index (χ2n) is 4.62. The summed E-state index contributed by atoms with van der Waals surface area (Å²) in [5.41, 5.74) is 6.19. The summed E-state index contributed by atoms with van der Waals surface area (Å²) in [4.78, 5) is 0. The molecule has 0 aromatic heterocycles. The smallest absolute Gasteiger partial charge is 0.0476 e. The SMILES string of the molecule is CC(C)C(CO)C(N)C1CCOCC1. The summed E-state index contributed by atoms with van der Waals surface area (Å²) in [7, 11) is 0. The molecule has 2 unspecified atom stereocenters. The maximum Gasteiger partial charge on any atom is 0.0476 e. The van der Waals surface area contributed by atoms with E-state index < -0.39 is 0 Å². The molecule has 3 N–H and O–H groups in total. The van der Waals surface area contributed by atoms with Gasteiger partial charge >= 0.3 is 0 Å². The second-order valence-corrected chi connectivity index (χ2v) is 4.62. The van der Waals surface area contributed by atoms with Crippen molar-refractivity contribution in [3.8, 4) is 0 Å². The zero-order chi connectivity index (χ0) is 10.6. The molecular formula is C11H23NO2. The molecule has 0 aromatic rings. The van der Waals surface area contributed by atoms with Crippen LogP contribution in [0.25, 0.3) is 0 Å². The number of aliphatic hydroxyl groups is 1. The van der Waals surface area contributed by atoms with E-state index in [1.54, 1.807) is 0 Å². The van der Waals surface area contributed by atoms with Crippen molar-refractivity contribution >= 4 is 0 Å². The van der Waals surface area contributed by atoms with Crippen LogP contribution in [0.1, 0.15) is 26.7 Å². The summed E-state index contributed by atoms with van der Waals surface area (Å²) in [6, 6.07) is 0.129. The molecule has 0 amide bonds. The van der Waals surface area contributed by atoms with Gasteiger partial charge in [-0.25, -0.2) is 0 Å². The Balaban J connectivity index is 2.47. The van der Waals surface area contributed by atoms with Crippen molar-refractivity contribution in [1.29, 1.82) is 0 Å². The van der Waals surface area contributed by atoms with E-state index >= 15 is 0 Å². The summed E-state index contributed by atoms with van der Waals surface area (Å²) >= 11 is 0. The van der Waals surface area contributed by atoms with Crippen LogP contribution in [0.5, 0.6) is 0 Å². The summed E-state index contributed by atoms with van der Waals surface area (Å²) in [5.74, 6) is 1.22. The van der Waals surface area contributed by atoms with E-state index in [-0.39, 0.29) is 18.6 Å². The number of hydrogen-bond acceptors (Lipinski definition) is 3. The molecule has 2 atom stereocenters. The van der Waals surface area contributed by atoms with Gasteiger partial charge in [0, 0.05) is 25.9 Å². The standard InChI is InChI=1S/C11H23NO2/c1-8(2)10(7-13)11(12)9-3-5-14-6-4-9/h8-11,13H,3-7,12H2,1-2H3. The van der Waals surface area contributed by atoms with Gasteiger partial charge in [0.2, 0.25) is 0 Å². The van der Waals surface area contributed by atoms with E-state index in [0.29, 0.717) is 11.8 Å². The minimum absolute atomic E-state index is 0.129. The Morgan fingerprint density at radius 3 is 2.36 bits per heavy atom. The first-order valence-corrected chi connectivity index (χ1v) is 5.61. The third-order valence-corrected chi connectivity index (χ3v) is 3.37. The fraction of sp³-hybridized carbons (Fsp3) is 1.00. The lowest BCUT2D eigenvalue weighted by atomic mass is 9.79. The minimum atomic E-state index is 0.129. The maximum absolute atomic E-state index is 9.29. The highest BCUT2D eigenvalue weighted by Crippen LogP contribution is 2.25. The number of rotatable bonds is 4. The topological polar surface area (TPSA) is 55.5 Å². The number of nitrogens with two attached hydrogens (primary N) is 1. The average molecular weight is 201 g/mol. The first-order chi connectivity index (χ1) is 6.66. The van der Waals surface area contributed by atoms with Gasteiger partial charge in [-0.2, -0.15) is 0 Å². The molecule has 1 aliphatic rings. The molecule has 0 spiro atoms. The van der Waals surface area contributed by atoms with Gasteiger partial charge in [-0.1, -0.05) is 13.8 Å². The summed E-state index contributed by atoms with van der Waals surface area (Å²) in [5, 5.41) is 9.29. The molecule has 3 heteroatoms. The van der Waals surface area contributed by atoms with Gasteiger partial charge in [0.15, 0.2) is 0 Å². The summed E-state index contributed by atoms with van der Waals surface area (Å²) in [6.07, 6.45) is 2.09. The maximum atomic E-state index is 9.29. The molecule has 3 nitrogen and oxygen atoms in total. The number of ether oxygens (including phenoxy) is 1. The van der Waals surface area contributed by atoms with Crippen molar-refractivity contribution < 1.29 is 9.84 Å². The Bertz CT molecular complexity index is 155. The Hall–Kier alpha value is -0.120. The molecule has 1 aliphatic heterocycles. The van der Waals surface area contributed by atoms with Gasteiger partial charge in [-0.05, 0) is 30.6 Å². The molecule has 0 saturated carbocycles. The van der Waals surface area contributed by atoms with Crippen molar-refractivity contribution in [2.45, 2.75) is 32.7 Å². The van der Waals surface area contributed by atoms with E-state index in [1.807, 2.05) is 0 Å². The zero-order valence-corrected chi connectivity index (χ0v) is 9.28. The third-order valence-electron chi connectivity index (χ3n) is 3.37. The number of aliphatic hydroxyl groups excluding tert-OH is 1. The highest BCUT2D eigenvalue weighted by molar-refractivity contribution is 4.83. The van der Waals surface area contributed by atoms with Gasteiger partial charge < -0.3 is 15.6 Å². The molecule has 0 aliphatic carbocycles. The highest BCUT2D eigenvalue weighted by Gasteiger charge is 2.29. The van der Waals surface area contributed by atoms with E-state index in [9.17, 15) is 5.11 Å². The molecule has 1 fully saturated rings. The number of hydrogen-bond donors (Lipinski definition) is 2. The van der Waals surface area contributed by atoms with Gasteiger partial charge in [0.25, 0.3) is 0 Å². The summed E-state index contributed by atoms with van der Waals surface area (Å²) in [6.45, 7) is 6.11. The van der Waals surface area contributed by atoms with Crippen LogP contribution in [0, 0.1) is 17.8 Å². The average Bonchev–Trinajstić information content (AvgIpc) is 2.19. The largest absolute Gasteiger partial charge is 0.396 e. The quantitative estimate of drug-likeness (QED) is 0.713. The van der Waals surface area contributed by atoms with Gasteiger partial charge in [0.05, 0.1) is 0 Å². The lowest BCUT2D eigenvalue weighted by Crippen LogP contribution is -2.43. The second kappa shape index (κ2) is 5.69. The van der Waals surface area contributed by atoms with E-state index in [2.05, 4.69) is 13.8 Å². The molecule has 14 heavy (non-hydrogen) atoms. The van der Waals surface area contributed by atoms with Crippen molar-refractivity contribution in [2.75, 3.05) is 19.8 Å². The molecule has 0 aromatic carbocycles. The van der Waals surface area contributed by atoms with Crippen molar-refractivity contribution in [3.63, 3.8) is 0 Å². The van der Waals surface area contributed by atoms with Crippen LogP contribution in [-0.4, -0.2) is 31.0 Å². The van der Waals surface area contributed by atoms with Crippen molar-refractivity contribution in [2.24, 2.45) is 23.5 Å². The van der Waals surface area contributed by atoms with Crippen molar-refractivity contribution in [1.82, 2.24) is 0 Å². The first-order valence-electron chi connectivity index (χ1n) is 5.61. The molecular weight excluding hydrogens is 178 g/mol. The monoisotopic (exact) mass is 201 g/mol. The normalized spacial score (nSPS) is 23.8. The Morgan fingerprint density at radius 1 is 1.36 bits per heavy atom. The van der Waals surface area contributed by atoms with Crippen molar-refractivity contribution in [3.05, 3.63) is 0 Å². The molecule has 0 radical (unpaired) electrons. The van der Waals surface area contributed by atoms with Crippen LogP contribution in [-0.2, 0) is 4.74 Å². The van der Waals surface area contributed by atoms with Gasteiger partial charge in [-0.3, -0.25) is 0 Å². The highest BCUT2D eigenvalue weighted by atomic mass is 16.5. The zero-order valence-electron chi connectivity index (χ0n) is 9.28. The van der Waals surface area contributed by atoms with E-state index in [0.717, 1.165) is 26.1 Å². The molecule has 0 bridgehead atoms. The predicted octanol–water partition coefficient (Wildman–Crippen LogP) is 1.00. The molecule has 1 saturated heterocycles. The van der Waals surface area contributed by atoms with E-state index in [1.165, 1.54) is 0 Å². The Labute approximate surface area is 86.6 Å². The third kappa shape index (κ3) is 2.94. The Morgan fingerprint density at radius 2 is 1.93 bits per heavy atom. The van der Waals surface area contributed by atoms with Crippen LogP contribution in [0.2, 0.25) is 0 Å². The van der Waals surface area contributed by atoms with Crippen LogP contribution < -0.4 is 5.73 Å². The molecule has 84 valence electrons. The molecule has 1 heterocycles. The predicted molar refractivity (Wildman–Crippen MR) is 56.9 cm³/mol. The minimum Gasteiger partial charge on any atom is -0.396 e. The fourth-order valence-electron chi connectivity index (χ4n) is 2.23. The lowest BCUT2D eigenvalue weighted by Gasteiger charge is -2.34. The van der Waals surface area contributed by atoms with E-state index in [4.69, 9.17) is 10.5 Å². The van der Waals surface area contributed by atoms with Gasteiger partial charge in [-0.15, -0.1) is 0 Å². The Kier molecular flexibility index (Phi) is 4.85. The summed E-state index contributed by atoms with van der Waals surface area (Å²) < 4.78 is 5.31. The van der Waals surface area contributed by atoms with Crippen LogP contribution in [0.15, 0.2) is 0 Å². The first kappa shape index (κ1) is 12.0. The fourth-order valence-corrected chi connectivity index (χ4v) is 2.23. The molecule has 1 rings (SSSR count). The van der Waals surface area contributed by atoms with Crippen LogP contribution in [0.4, 0.5) is 0 Å². The van der Waals surface area contributed by atoms with Gasteiger partial charge in [0.1, 0.15) is 0 Å². The van der Waals surface area contributed by atoms with Crippen LogP contribution in [0.3, 0.4) is 0 Å². The lowest BCUT2D eigenvalue weighted by molar-refractivity contribution is 0.0385. The van der Waals surface area contributed by atoms with Crippen LogP contribution >= 0.6 is 0 Å².